The number of rotatable bonds is 16. The number of ketones is 1. The molecule has 2 fully saturated rings. The number of hydrogen-bond donors (Lipinski definition) is 3. The van der Waals surface area contributed by atoms with Gasteiger partial charge < -0.3 is 44.7 Å². The van der Waals surface area contributed by atoms with Crippen LogP contribution in [0.5, 0.6) is 5.75 Å². The van der Waals surface area contributed by atoms with Gasteiger partial charge in [0.25, 0.3) is 0 Å². The Morgan fingerprint density at radius 2 is 1.45 bits per heavy atom. The second-order valence-electron chi connectivity index (χ2n) is 23.2. The summed E-state index contributed by atoms with van der Waals surface area (Å²) in [4.78, 5) is 132. The highest BCUT2D eigenvalue weighted by atomic mass is 35.5. The normalized spacial score (nSPS) is 25.0. The summed E-state index contributed by atoms with van der Waals surface area (Å²) in [6.07, 6.45) is 3.94. The van der Waals surface area contributed by atoms with Crippen molar-refractivity contribution >= 4 is 75.4 Å². The number of allylic oxidation sites excluding steroid dienone is 1. The molecule has 20 nitrogen and oxygen atoms in total. The van der Waals surface area contributed by atoms with Gasteiger partial charge in [-0.3, -0.25) is 48.5 Å². The average molecular weight is 1130 g/mol. The SMILES string of the molecule is C/C=C/C[C@@H]1NC(=O)[C@H](CC(C)C)N2C(=O)[C@H](CC(C)[C@H]2OC)N(C)C(=O)[C@H](C)CC(=O)[C@H](Cc2ccc(OC(C)=O)c([N+](=O)[O-])c2)NC(=O)[C@H](CC(C)C)N(C)C(=O)[C@H](Cc2cn(C(C)(C)[C@H](C)CCl)c3ccccc23)NC1=O. The number of piperidine rings is 1. The molecule has 5 rings (SSSR count). The van der Waals surface area contributed by atoms with Gasteiger partial charge in [0.05, 0.1) is 11.0 Å². The molecular weight excluding hydrogens is 1050 g/mol. The quantitative estimate of drug-likeness (QED) is 0.0333. The number of nitro benzene ring substituents is 1. The highest BCUT2D eigenvalue weighted by molar-refractivity contribution is 6.18. The van der Waals surface area contributed by atoms with E-state index in [0.29, 0.717) is 11.4 Å². The molecule has 438 valence electrons. The Balaban J connectivity index is 1.74. The van der Waals surface area contributed by atoms with Crippen LogP contribution in [0.2, 0.25) is 0 Å². The lowest BCUT2D eigenvalue weighted by Crippen LogP contribution is -2.66. The number of benzene rings is 2. The van der Waals surface area contributed by atoms with E-state index >= 15 is 24.0 Å². The fourth-order valence-corrected chi connectivity index (χ4v) is 11.2. The third kappa shape index (κ3) is 15.0. The van der Waals surface area contributed by atoms with Crippen LogP contribution in [0.15, 0.2) is 60.8 Å². The number of nitrogens with zero attached hydrogens (tertiary/aromatic N) is 5. The molecule has 6 amide bonds. The van der Waals surface area contributed by atoms with Gasteiger partial charge in [0, 0.05) is 87.4 Å². The van der Waals surface area contributed by atoms with Crippen LogP contribution in [0.3, 0.4) is 0 Å². The lowest BCUT2D eigenvalue weighted by molar-refractivity contribution is -0.385. The summed E-state index contributed by atoms with van der Waals surface area (Å²) in [5, 5.41) is 21.9. The Labute approximate surface area is 475 Å². The Kier molecular flexibility index (Phi) is 22.2. The third-order valence-electron chi connectivity index (χ3n) is 15.8. The molecular formula is C59H83ClN8O12. The van der Waals surface area contributed by atoms with E-state index in [0.717, 1.165) is 23.9 Å². The molecule has 10 atom stereocenters. The van der Waals surface area contributed by atoms with Crippen LogP contribution in [0.1, 0.15) is 119 Å². The number of para-hydroxylation sites is 1. The Bertz CT molecular complexity index is 2810. The van der Waals surface area contributed by atoms with Gasteiger partial charge >= 0.3 is 11.7 Å². The molecule has 21 heteroatoms. The van der Waals surface area contributed by atoms with Gasteiger partial charge in [0.15, 0.2) is 5.78 Å². The van der Waals surface area contributed by atoms with Gasteiger partial charge in [0.1, 0.15) is 36.4 Å². The van der Waals surface area contributed by atoms with Crippen LogP contribution in [-0.4, -0.2) is 141 Å². The van der Waals surface area contributed by atoms with Gasteiger partial charge in [-0.2, -0.15) is 0 Å². The van der Waals surface area contributed by atoms with E-state index in [4.69, 9.17) is 21.1 Å². The van der Waals surface area contributed by atoms with E-state index in [9.17, 15) is 24.5 Å². The minimum atomic E-state index is -1.44. The summed E-state index contributed by atoms with van der Waals surface area (Å²) in [5.74, 6) is -7.29. The van der Waals surface area contributed by atoms with E-state index in [1.54, 1.807) is 19.1 Å². The average Bonchev–Trinajstić information content (AvgIpc) is 3.86. The van der Waals surface area contributed by atoms with Crippen molar-refractivity contribution in [3.05, 3.63) is 82.1 Å². The molecule has 2 bridgehead atoms. The summed E-state index contributed by atoms with van der Waals surface area (Å²) >= 11 is 6.46. The highest BCUT2D eigenvalue weighted by Crippen LogP contribution is 2.36. The zero-order chi connectivity index (χ0) is 59.7. The van der Waals surface area contributed by atoms with Gasteiger partial charge in [-0.15, -0.1) is 11.6 Å². The van der Waals surface area contributed by atoms with Crippen molar-refractivity contribution in [2.75, 3.05) is 27.1 Å². The molecule has 2 saturated heterocycles. The molecule has 0 spiro atoms. The number of hydrogen-bond acceptors (Lipinski definition) is 12. The first-order valence-corrected chi connectivity index (χ1v) is 28.2. The van der Waals surface area contributed by atoms with E-state index in [2.05, 4.69) is 34.4 Å². The minimum Gasteiger partial charge on any atom is -0.419 e. The Morgan fingerprint density at radius 1 is 0.838 bits per heavy atom. The summed E-state index contributed by atoms with van der Waals surface area (Å²) in [7, 11) is 4.33. The Hall–Kier alpha value is -6.67. The maximum absolute atomic E-state index is 15.6. The topological polar surface area (TPSA) is 249 Å². The first-order valence-electron chi connectivity index (χ1n) is 27.6. The van der Waals surface area contributed by atoms with Gasteiger partial charge in [0.2, 0.25) is 41.2 Å². The molecule has 0 aliphatic carbocycles. The van der Waals surface area contributed by atoms with Crippen molar-refractivity contribution in [3.63, 3.8) is 0 Å². The van der Waals surface area contributed by atoms with Crippen molar-refractivity contribution < 1.29 is 52.8 Å². The number of amides is 6. The number of carbonyl (C=O) groups excluding carboxylic acids is 8. The molecule has 1 aromatic heterocycles. The maximum atomic E-state index is 15.6. The molecule has 3 heterocycles. The number of esters is 1. The second kappa shape index (κ2) is 27.7. The van der Waals surface area contributed by atoms with Crippen molar-refractivity contribution in [2.45, 2.75) is 169 Å². The summed E-state index contributed by atoms with van der Waals surface area (Å²) < 4.78 is 13.2. The number of halogens is 1. The number of methoxy groups -OCH3 is 1. The number of nitrogens with one attached hydrogen (secondary N) is 3. The van der Waals surface area contributed by atoms with E-state index in [1.165, 1.54) is 55.0 Å². The number of Topliss-reactive ketones (excluding diaryl/α,β-unsaturated/α-hetero) is 1. The van der Waals surface area contributed by atoms with E-state index in [1.807, 2.05) is 72.0 Å². The second-order valence-corrected chi connectivity index (χ2v) is 23.5. The fraction of sp³-hybridized carbons (Fsp3) is 0.593. The molecule has 3 aromatic rings. The van der Waals surface area contributed by atoms with Crippen LogP contribution in [-0.2, 0) is 61.5 Å². The van der Waals surface area contributed by atoms with Gasteiger partial charge in [-0.25, -0.2) is 0 Å². The lowest BCUT2D eigenvalue weighted by Gasteiger charge is -2.48. The smallest absolute Gasteiger partial charge is 0.311 e. The molecule has 80 heavy (non-hydrogen) atoms. The number of aromatic nitrogens is 1. The van der Waals surface area contributed by atoms with Crippen LogP contribution in [0.4, 0.5) is 5.69 Å². The summed E-state index contributed by atoms with van der Waals surface area (Å²) in [5.41, 5.74) is 0.650. The fourth-order valence-electron chi connectivity index (χ4n) is 10.9. The first kappa shape index (κ1) is 64.2. The van der Waals surface area contributed by atoms with Crippen molar-refractivity contribution in [3.8, 4) is 5.75 Å². The largest absolute Gasteiger partial charge is 0.419 e. The number of alkyl halides is 1. The highest BCUT2D eigenvalue weighted by Gasteiger charge is 2.49. The zero-order valence-electron chi connectivity index (χ0n) is 48.9. The molecule has 2 aromatic carbocycles. The number of nitro groups is 1. The number of ether oxygens (including phenoxy) is 2. The summed E-state index contributed by atoms with van der Waals surface area (Å²) in [6, 6.07) is 3.76. The number of carbonyl (C=O) groups is 8. The van der Waals surface area contributed by atoms with Crippen molar-refractivity contribution in [1.82, 2.24) is 35.2 Å². The summed E-state index contributed by atoms with van der Waals surface area (Å²) in [6.45, 7) is 19.9. The third-order valence-corrected chi connectivity index (χ3v) is 16.2. The molecule has 2 aliphatic heterocycles. The molecule has 0 radical (unpaired) electrons. The molecule has 1 unspecified atom stereocenters. The number of fused-ring (bicyclic) bond motifs is 3. The van der Waals surface area contributed by atoms with Gasteiger partial charge in [-0.05, 0) is 93.9 Å². The lowest BCUT2D eigenvalue weighted by atomic mass is 9.88. The van der Waals surface area contributed by atoms with Crippen molar-refractivity contribution in [2.24, 2.45) is 29.6 Å². The standard InChI is InChI=1S/C59H83ClN8O12/c1-15-16-20-42-52(71)63-44(30-40-32-66(59(10,11)37(8)31-60)45-21-18-17-19-41(40)45)56(75)64(12)47(24-33(2)3)53(72)62-43(28-39-22-23-51(80-38(9)69)46(29-39)68(77)78)50(70)27-35(6)55(74)65(13)49-26-36(7)58(79-14)67(57(49)76)48(25-34(4)5)54(73)61-42/h15-19,21-23,29,32-37,42-44,47-49,58H,20,24-28,30-31H2,1-14H3,(H,61,73)(H,62,72)(H,63,71)/b16-15+/t35-,36?,37-,42+,43+,44+,47+,48+,49+,58-/m1/s1. The predicted molar refractivity (Wildman–Crippen MR) is 304 cm³/mol. The van der Waals surface area contributed by atoms with E-state index in [-0.39, 0.29) is 67.6 Å². The van der Waals surface area contributed by atoms with Crippen LogP contribution >= 0.6 is 11.6 Å². The molecule has 0 saturated carbocycles. The van der Waals surface area contributed by atoms with E-state index < -0.39 is 124 Å². The van der Waals surface area contributed by atoms with Crippen LogP contribution in [0.25, 0.3) is 10.9 Å². The zero-order valence-corrected chi connectivity index (χ0v) is 49.6. The Morgan fingerprint density at radius 3 is 2.05 bits per heavy atom. The maximum Gasteiger partial charge on any atom is 0.311 e. The first-order chi connectivity index (χ1) is 37.6. The van der Waals surface area contributed by atoms with Crippen molar-refractivity contribution in [1.29, 1.82) is 0 Å². The molecule has 2 aliphatic rings. The monoisotopic (exact) mass is 1130 g/mol. The van der Waals surface area contributed by atoms with Crippen LogP contribution < -0.4 is 20.7 Å². The minimum absolute atomic E-state index is 0.00988. The predicted octanol–water partition coefficient (Wildman–Crippen LogP) is 6.86. The number of likely N-dealkylation sites (N-methyl/N-ethyl adjacent to an activating group) is 2. The van der Waals surface area contributed by atoms with Crippen LogP contribution in [0, 0.1) is 39.7 Å². The molecule has 3 N–H and O–H groups in total. The van der Waals surface area contributed by atoms with Gasteiger partial charge in [-0.1, -0.05) is 84.9 Å².